The van der Waals surface area contributed by atoms with Gasteiger partial charge in [-0.25, -0.2) is 9.78 Å². The Morgan fingerprint density at radius 2 is 2.00 bits per heavy atom. The highest BCUT2D eigenvalue weighted by atomic mass is 16.6. The highest BCUT2D eigenvalue weighted by molar-refractivity contribution is 5.83. The van der Waals surface area contributed by atoms with Gasteiger partial charge in [0.1, 0.15) is 11.4 Å². The summed E-state index contributed by atoms with van der Waals surface area (Å²) in [6.07, 6.45) is 1.03. The Kier molecular flexibility index (Phi) is 5.69. The first-order chi connectivity index (χ1) is 9.55. The lowest BCUT2D eigenvalue weighted by atomic mass is 10.2. The second kappa shape index (κ2) is 6.87. The molecule has 0 aromatic carbocycles. The number of aliphatic hydroxyl groups is 1. The van der Waals surface area contributed by atoms with Crippen molar-refractivity contribution in [2.45, 2.75) is 52.4 Å². The van der Waals surface area contributed by atoms with Crippen LogP contribution >= 0.6 is 0 Å². The number of hydrogen-bond acceptors (Lipinski definition) is 5. The third kappa shape index (κ3) is 8.27. The number of nitrogens with zero attached hydrogens (tertiary/aromatic N) is 1. The Bertz CT molecular complexity index is 475. The fraction of sp³-hybridized carbons (Fsp3) is 0.600. The highest BCUT2D eigenvalue weighted by Gasteiger charge is 2.16. The molecule has 0 saturated carbocycles. The largest absolute Gasteiger partial charge is 0.444 e. The molecule has 0 spiro atoms. The summed E-state index contributed by atoms with van der Waals surface area (Å²) >= 11 is 0. The monoisotopic (exact) mass is 296 g/mol. The smallest absolute Gasteiger partial charge is 0.413 e. The molecule has 0 aliphatic heterocycles. The van der Waals surface area contributed by atoms with Gasteiger partial charge in [-0.1, -0.05) is 0 Å². The first-order valence-electron chi connectivity index (χ1n) is 6.80. The van der Waals surface area contributed by atoms with E-state index < -0.39 is 17.3 Å². The van der Waals surface area contributed by atoms with Gasteiger partial charge in [0.2, 0.25) is 0 Å². The second-order valence-electron chi connectivity index (χ2n) is 6.48. The zero-order valence-electron chi connectivity index (χ0n) is 13.3. The van der Waals surface area contributed by atoms with Gasteiger partial charge in [0.15, 0.2) is 0 Å². The van der Waals surface area contributed by atoms with Gasteiger partial charge < -0.3 is 14.6 Å². The molecule has 0 fully saturated rings. The molecule has 118 valence electrons. The Morgan fingerprint density at radius 1 is 1.33 bits per heavy atom. The first kappa shape index (κ1) is 17.4. The Labute approximate surface area is 125 Å². The Morgan fingerprint density at radius 3 is 2.57 bits per heavy atom. The summed E-state index contributed by atoms with van der Waals surface area (Å²) in [5.74, 6) is 0.397. The van der Waals surface area contributed by atoms with Crippen LogP contribution in [-0.2, 0) is 16.1 Å². The van der Waals surface area contributed by atoms with Gasteiger partial charge in [-0.3, -0.25) is 5.32 Å². The van der Waals surface area contributed by atoms with E-state index in [4.69, 9.17) is 9.47 Å². The number of carbonyl (C=O) groups excluding carboxylic acids is 1. The molecule has 2 N–H and O–H groups in total. The third-order valence-corrected chi connectivity index (χ3v) is 2.18. The molecule has 1 aromatic rings. The normalized spacial score (nSPS) is 12.1. The summed E-state index contributed by atoms with van der Waals surface area (Å²) in [5, 5.41) is 12.1. The molecular formula is C15H24N2O4. The minimum atomic E-state index is -0.870. The zero-order valence-corrected chi connectivity index (χ0v) is 13.3. The number of nitrogens with one attached hydrogen (secondary N) is 1. The van der Waals surface area contributed by atoms with Crippen molar-refractivity contribution in [2.75, 3.05) is 11.9 Å². The van der Waals surface area contributed by atoms with Crippen LogP contribution in [0.1, 0.15) is 40.2 Å². The fourth-order valence-electron chi connectivity index (χ4n) is 1.46. The van der Waals surface area contributed by atoms with Gasteiger partial charge in [-0.05, 0) is 52.3 Å². The molecule has 21 heavy (non-hydrogen) atoms. The van der Waals surface area contributed by atoms with Crippen LogP contribution in [0.25, 0.3) is 0 Å². The molecule has 0 unspecified atom stereocenters. The average molecular weight is 296 g/mol. The van der Waals surface area contributed by atoms with Crippen LogP contribution in [0.15, 0.2) is 18.3 Å². The summed E-state index contributed by atoms with van der Waals surface area (Å²) < 4.78 is 10.6. The van der Waals surface area contributed by atoms with E-state index in [0.717, 1.165) is 5.56 Å². The number of anilines is 1. The molecule has 1 aromatic heterocycles. The van der Waals surface area contributed by atoms with E-state index in [1.165, 1.54) is 0 Å². The van der Waals surface area contributed by atoms with E-state index in [-0.39, 0.29) is 6.61 Å². The zero-order chi connectivity index (χ0) is 16.1. The van der Waals surface area contributed by atoms with Crippen LogP contribution in [0.4, 0.5) is 10.6 Å². The van der Waals surface area contributed by atoms with Crippen molar-refractivity contribution in [3.05, 3.63) is 23.9 Å². The molecule has 1 heterocycles. The Hall–Kier alpha value is -1.66. The molecule has 0 aliphatic rings. The van der Waals surface area contributed by atoms with E-state index >= 15 is 0 Å². The highest BCUT2D eigenvalue weighted by Crippen LogP contribution is 2.12. The number of carbonyl (C=O) groups is 1. The second-order valence-corrected chi connectivity index (χ2v) is 6.48. The lowest BCUT2D eigenvalue weighted by Gasteiger charge is -2.19. The number of pyridine rings is 1. The van der Waals surface area contributed by atoms with Crippen molar-refractivity contribution in [2.24, 2.45) is 0 Å². The van der Waals surface area contributed by atoms with Crippen molar-refractivity contribution >= 4 is 11.9 Å². The van der Waals surface area contributed by atoms with Gasteiger partial charge in [0.05, 0.1) is 18.8 Å². The topological polar surface area (TPSA) is 80.7 Å². The van der Waals surface area contributed by atoms with Gasteiger partial charge >= 0.3 is 6.09 Å². The van der Waals surface area contributed by atoms with E-state index in [1.807, 2.05) is 0 Å². The van der Waals surface area contributed by atoms with Crippen LogP contribution in [0, 0.1) is 0 Å². The molecule has 0 aliphatic carbocycles. The minimum Gasteiger partial charge on any atom is -0.444 e. The maximum absolute atomic E-state index is 11.6. The molecule has 0 radical (unpaired) electrons. The summed E-state index contributed by atoms with van der Waals surface area (Å²) in [5.41, 5.74) is -0.581. The summed E-state index contributed by atoms with van der Waals surface area (Å²) in [4.78, 5) is 15.7. The van der Waals surface area contributed by atoms with Gasteiger partial charge in [-0.15, -0.1) is 0 Å². The molecule has 6 heteroatoms. The molecule has 1 rings (SSSR count). The van der Waals surface area contributed by atoms with Crippen molar-refractivity contribution in [3.8, 4) is 0 Å². The van der Waals surface area contributed by atoms with E-state index in [2.05, 4.69) is 10.3 Å². The van der Waals surface area contributed by atoms with Crippen LogP contribution in [0.5, 0.6) is 0 Å². The first-order valence-corrected chi connectivity index (χ1v) is 6.80. The summed E-state index contributed by atoms with van der Waals surface area (Å²) in [6.45, 7) is 9.28. The molecule has 6 nitrogen and oxygen atoms in total. The van der Waals surface area contributed by atoms with Gasteiger partial charge in [0, 0.05) is 6.20 Å². The van der Waals surface area contributed by atoms with Crippen LogP contribution in [0.3, 0.4) is 0 Å². The van der Waals surface area contributed by atoms with Crippen molar-refractivity contribution < 1.29 is 19.4 Å². The molecule has 0 bridgehead atoms. The van der Waals surface area contributed by atoms with E-state index in [0.29, 0.717) is 12.4 Å². The van der Waals surface area contributed by atoms with Crippen molar-refractivity contribution in [1.82, 2.24) is 4.98 Å². The van der Waals surface area contributed by atoms with Crippen LogP contribution in [0.2, 0.25) is 0 Å². The minimum absolute atomic E-state index is 0.226. The quantitative estimate of drug-likeness (QED) is 0.873. The maximum atomic E-state index is 11.6. The van der Waals surface area contributed by atoms with Crippen LogP contribution in [-0.4, -0.2) is 34.0 Å². The SMILES string of the molecule is CC(C)(O)COCc1ccnc(NC(=O)OC(C)(C)C)c1. The lowest BCUT2D eigenvalue weighted by molar-refractivity contribution is -0.0268. The number of amides is 1. The molecule has 0 saturated heterocycles. The van der Waals surface area contributed by atoms with Gasteiger partial charge in [-0.2, -0.15) is 0 Å². The van der Waals surface area contributed by atoms with E-state index in [9.17, 15) is 9.90 Å². The predicted molar refractivity (Wildman–Crippen MR) is 80.0 cm³/mol. The van der Waals surface area contributed by atoms with Gasteiger partial charge in [0.25, 0.3) is 0 Å². The van der Waals surface area contributed by atoms with E-state index in [1.54, 1.807) is 52.9 Å². The maximum Gasteiger partial charge on any atom is 0.413 e. The number of hydrogen-bond donors (Lipinski definition) is 2. The number of ether oxygens (including phenoxy) is 2. The molecule has 0 atom stereocenters. The predicted octanol–water partition coefficient (Wildman–Crippen LogP) is 2.72. The molecular weight excluding hydrogens is 272 g/mol. The standard InChI is InChI=1S/C15H24N2O4/c1-14(2,3)21-13(18)17-12-8-11(6-7-16-12)9-20-10-15(4,5)19/h6-8,19H,9-10H2,1-5H3,(H,16,17,18). The summed E-state index contributed by atoms with van der Waals surface area (Å²) in [6, 6.07) is 3.49. The molecule has 1 amide bonds. The van der Waals surface area contributed by atoms with Crippen molar-refractivity contribution in [3.63, 3.8) is 0 Å². The number of aromatic nitrogens is 1. The summed E-state index contributed by atoms with van der Waals surface area (Å²) in [7, 11) is 0. The fourth-order valence-corrected chi connectivity index (χ4v) is 1.46. The number of rotatable bonds is 5. The van der Waals surface area contributed by atoms with Crippen LogP contribution < -0.4 is 5.32 Å². The average Bonchev–Trinajstić information content (AvgIpc) is 2.24. The Balaban J connectivity index is 2.54. The lowest BCUT2D eigenvalue weighted by Crippen LogP contribution is -2.27. The van der Waals surface area contributed by atoms with Crippen molar-refractivity contribution in [1.29, 1.82) is 0 Å². The third-order valence-electron chi connectivity index (χ3n) is 2.18.